The molecule has 2 aromatic rings. The first-order valence-electron chi connectivity index (χ1n) is 4.68. The second-order valence-electron chi connectivity index (χ2n) is 3.61. The molecular formula is C10H10ClN3. The largest absolute Gasteiger partial charge is 0.315 e. The Morgan fingerprint density at radius 1 is 1.50 bits per heavy atom. The fraction of sp³-hybridized carbons (Fsp3) is 0.300. The first-order chi connectivity index (χ1) is 6.84. The summed E-state index contributed by atoms with van der Waals surface area (Å²) in [5.41, 5.74) is 1.99. The van der Waals surface area contributed by atoms with Gasteiger partial charge in [0.1, 0.15) is 0 Å². The summed E-state index contributed by atoms with van der Waals surface area (Å²) in [6.45, 7) is 2.06. The minimum Gasteiger partial charge on any atom is -0.315 e. The number of rotatable bonds is 1. The minimum atomic E-state index is 0.561. The average molecular weight is 208 g/mol. The van der Waals surface area contributed by atoms with Crippen molar-refractivity contribution in [2.45, 2.75) is 5.92 Å². The molecule has 0 bridgehead atoms. The van der Waals surface area contributed by atoms with Crippen LogP contribution in [-0.4, -0.2) is 22.5 Å². The Hall–Kier alpha value is -1.06. The van der Waals surface area contributed by atoms with Crippen LogP contribution >= 0.6 is 11.6 Å². The number of hydrogen-bond donors (Lipinski definition) is 1. The molecule has 0 saturated carbocycles. The monoisotopic (exact) mass is 207 g/mol. The SMILES string of the molecule is Clc1cccn2cc(C3CNC3)nc12. The second-order valence-corrected chi connectivity index (χ2v) is 4.02. The predicted octanol–water partition coefficient (Wildman–Crippen LogP) is 1.67. The van der Waals surface area contributed by atoms with Crippen LogP contribution in [0.1, 0.15) is 11.6 Å². The van der Waals surface area contributed by atoms with Gasteiger partial charge < -0.3 is 9.72 Å². The van der Waals surface area contributed by atoms with Crippen molar-refractivity contribution in [3.8, 4) is 0 Å². The Morgan fingerprint density at radius 2 is 2.36 bits per heavy atom. The molecule has 1 N–H and O–H groups in total. The molecule has 1 fully saturated rings. The first-order valence-corrected chi connectivity index (χ1v) is 5.06. The van der Waals surface area contributed by atoms with Crippen LogP contribution in [0.4, 0.5) is 0 Å². The standard InChI is InChI=1S/C10H10ClN3/c11-8-2-1-3-14-6-9(13-10(8)14)7-4-12-5-7/h1-3,6-7,12H,4-5H2. The third kappa shape index (κ3) is 1.13. The predicted molar refractivity (Wildman–Crippen MR) is 55.8 cm³/mol. The topological polar surface area (TPSA) is 29.3 Å². The summed E-state index contributed by atoms with van der Waals surface area (Å²) in [5, 5.41) is 3.95. The van der Waals surface area contributed by atoms with Crippen molar-refractivity contribution in [2.75, 3.05) is 13.1 Å². The summed E-state index contributed by atoms with van der Waals surface area (Å²) in [4.78, 5) is 4.53. The number of imidazole rings is 1. The van der Waals surface area contributed by atoms with E-state index in [-0.39, 0.29) is 0 Å². The van der Waals surface area contributed by atoms with E-state index < -0.39 is 0 Å². The maximum atomic E-state index is 6.04. The van der Waals surface area contributed by atoms with E-state index in [1.54, 1.807) is 0 Å². The molecule has 72 valence electrons. The first kappa shape index (κ1) is 8.26. The Morgan fingerprint density at radius 3 is 3.00 bits per heavy atom. The molecule has 0 radical (unpaired) electrons. The van der Waals surface area contributed by atoms with Crippen molar-refractivity contribution in [2.24, 2.45) is 0 Å². The normalized spacial score (nSPS) is 17.2. The van der Waals surface area contributed by atoms with E-state index in [0.29, 0.717) is 10.9 Å². The summed E-state index contributed by atoms with van der Waals surface area (Å²) in [6, 6.07) is 3.80. The van der Waals surface area contributed by atoms with E-state index >= 15 is 0 Å². The van der Waals surface area contributed by atoms with Crippen molar-refractivity contribution < 1.29 is 0 Å². The molecule has 3 nitrogen and oxygen atoms in total. The van der Waals surface area contributed by atoms with Gasteiger partial charge in [-0.3, -0.25) is 0 Å². The molecule has 1 aliphatic rings. The lowest BCUT2D eigenvalue weighted by Crippen LogP contribution is -2.40. The number of pyridine rings is 1. The van der Waals surface area contributed by atoms with E-state index in [9.17, 15) is 0 Å². The molecule has 1 saturated heterocycles. The van der Waals surface area contributed by atoms with E-state index in [0.717, 1.165) is 24.4 Å². The molecule has 0 spiro atoms. The highest BCUT2D eigenvalue weighted by Crippen LogP contribution is 2.22. The van der Waals surface area contributed by atoms with Crippen LogP contribution in [0.15, 0.2) is 24.5 Å². The molecule has 3 rings (SSSR count). The van der Waals surface area contributed by atoms with E-state index in [1.807, 2.05) is 22.7 Å². The summed E-state index contributed by atoms with van der Waals surface area (Å²) in [6.07, 6.45) is 4.04. The van der Waals surface area contributed by atoms with Gasteiger partial charge in [0, 0.05) is 31.4 Å². The Labute approximate surface area is 86.7 Å². The van der Waals surface area contributed by atoms with Gasteiger partial charge in [-0.05, 0) is 12.1 Å². The summed E-state index contributed by atoms with van der Waals surface area (Å²) < 4.78 is 1.98. The van der Waals surface area contributed by atoms with E-state index in [2.05, 4.69) is 16.5 Å². The number of nitrogens with one attached hydrogen (secondary N) is 1. The van der Waals surface area contributed by atoms with Crippen molar-refractivity contribution in [1.29, 1.82) is 0 Å². The molecule has 0 amide bonds. The molecule has 3 heterocycles. The van der Waals surface area contributed by atoms with Gasteiger partial charge in [0.2, 0.25) is 0 Å². The summed E-state index contributed by atoms with van der Waals surface area (Å²) in [5.74, 6) is 0.561. The van der Waals surface area contributed by atoms with Crippen molar-refractivity contribution in [3.05, 3.63) is 35.2 Å². The highest BCUT2D eigenvalue weighted by atomic mass is 35.5. The van der Waals surface area contributed by atoms with Crippen LogP contribution in [0.3, 0.4) is 0 Å². The maximum Gasteiger partial charge on any atom is 0.155 e. The minimum absolute atomic E-state index is 0.561. The van der Waals surface area contributed by atoms with Crippen molar-refractivity contribution >= 4 is 17.2 Å². The van der Waals surface area contributed by atoms with Gasteiger partial charge in [-0.2, -0.15) is 0 Å². The Balaban J connectivity index is 2.15. The second kappa shape index (κ2) is 2.97. The third-order valence-corrected chi connectivity index (χ3v) is 2.95. The van der Waals surface area contributed by atoms with Gasteiger partial charge >= 0.3 is 0 Å². The lowest BCUT2D eigenvalue weighted by molar-refractivity contribution is 0.441. The number of halogens is 1. The van der Waals surface area contributed by atoms with Gasteiger partial charge in [-0.1, -0.05) is 11.6 Å². The van der Waals surface area contributed by atoms with Gasteiger partial charge in [0.25, 0.3) is 0 Å². The molecule has 0 aromatic carbocycles. The zero-order valence-corrected chi connectivity index (χ0v) is 8.33. The smallest absolute Gasteiger partial charge is 0.155 e. The van der Waals surface area contributed by atoms with Crippen LogP contribution < -0.4 is 5.32 Å². The zero-order chi connectivity index (χ0) is 9.54. The molecule has 0 aliphatic carbocycles. The zero-order valence-electron chi connectivity index (χ0n) is 7.57. The van der Waals surface area contributed by atoms with E-state index in [4.69, 9.17) is 11.6 Å². The molecule has 0 atom stereocenters. The van der Waals surface area contributed by atoms with Gasteiger partial charge in [0.05, 0.1) is 10.7 Å². The Bertz CT molecular complexity index is 473. The highest BCUT2D eigenvalue weighted by Gasteiger charge is 2.21. The van der Waals surface area contributed by atoms with Gasteiger partial charge in [-0.15, -0.1) is 0 Å². The molecule has 0 unspecified atom stereocenters. The van der Waals surface area contributed by atoms with Crippen LogP contribution in [0.2, 0.25) is 5.02 Å². The lowest BCUT2D eigenvalue weighted by atomic mass is 10.0. The molecule has 2 aromatic heterocycles. The van der Waals surface area contributed by atoms with E-state index in [1.165, 1.54) is 0 Å². The van der Waals surface area contributed by atoms with Gasteiger partial charge in [0.15, 0.2) is 5.65 Å². The van der Waals surface area contributed by atoms with Crippen LogP contribution in [0.25, 0.3) is 5.65 Å². The number of nitrogens with zero attached hydrogens (tertiary/aromatic N) is 2. The number of fused-ring (bicyclic) bond motifs is 1. The quantitative estimate of drug-likeness (QED) is 0.771. The average Bonchev–Trinajstić information content (AvgIpc) is 2.46. The summed E-state index contributed by atoms with van der Waals surface area (Å²) in [7, 11) is 0. The maximum absolute atomic E-state index is 6.04. The summed E-state index contributed by atoms with van der Waals surface area (Å²) >= 11 is 6.04. The van der Waals surface area contributed by atoms with Crippen LogP contribution in [0, 0.1) is 0 Å². The molecule has 14 heavy (non-hydrogen) atoms. The fourth-order valence-corrected chi connectivity index (χ4v) is 1.90. The van der Waals surface area contributed by atoms with Gasteiger partial charge in [-0.25, -0.2) is 4.98 Å². The molecule has 1 aliphatic heterocycles. The molecule has 4 heteroatoms. The Kier molecular flexibility index (Phi) is 1.75. The fourth-order valence-electron chi connectivity index (χ4n) is 1.69. The van der Waals surface area contributed by atoms with Crippen molar-refractivity contribution in [3.63, 3.8) is 0 Å². The number of hydrogen-bond acceptors (Lipinski definition) is 2. The number of aromatic nitrogens is 2. The third-order valence-electron chi connectivity index (χ3n) is 2.65. The van der Waals surface area contributed by atoms with Crippen LogP contribution in [0.5, 0.6) is 0 Å². The van der Waals surface area contributed by atoms with Crippen molar-refractivity contribution in [1.82, 2.24) is 14.7 Å². The molecular weight excluding hydrogens is 198 g/mol. The van der Waals surface area contributed by atoms with Crippen LogP contribution in [-0.2, 0) is 0 Å². The highest BCUT2D eigenvalue weighted by molar-refractivity contribution is 6.33. The lowest BCUT2D eigenvalue weighted by Gasteiger charge is -2.24.